The molecule has 0 bridgehead atoms. The summed E-state index contributed by atoms with van der Waals surface area (Å²) in [5.41, 5.74) is 3.30. The molecule has 2 aromatic rings. The number of furan rings is 1. The Kier molecular flexibility index (Phi) is 1.95. The highest BCUT2D eigenvalue weighted by Crippen LogP contribution is 2.25. The fourth-order valence-electron chi connectivity index (χ4n) is 1.68. The molecule has 0 saturated carbocycles. The van der Waals surface area contributed by atoms with E-state index in [9.17, 15) is 4.79 Å². The summed E-state index contributed by atoms with van der Waals surface area (Å²) in [5, 5.41) is 0. The van der Waals surface area contributed by atoms with Gasteiger partial charge in [0.15, 0.2) is 11.4 Å². The van der Waals surface area contributed by atoms with Gasteiger partial charge >= 0.3 is 0 Å². The highest BCUT2D eigenvalue weighted by molar-refractivity contribution is 5.99. The van der Waals surface area contributed by atoms with Crippen LogP contribution in [0.5, 0.6) is 0 Å². The number of hydrogen-bond acceptors (Lipinski definition) is 2. The molecule has 0 spiro atoms. The van der Waals surface area contributed by atoms with Crippen LogP contribution in [0.2, 0.25) is 0 Å². The molecule has 14 heavy (non-hydrogen) atoms. The fraction of sp³-hybridized carbons (Fsp3) is 0.364. The second kappa shape index (κ2) is 3.01. The minimum absolute atomic E-state index is 0.0481. The fourth-order valence-corrected chi connectivity index (χ4v) is 1.68. The molecule has 74 valence electrons. The van der Waals surface area contributed by atoms with Crippen LogP contribution in [0.3, 0.4) is 0 Å². The normalized spacial score (nSPS) is 11.1. The third-order valence-electron chi connectivity index (χ3n) is 2.46. The van der Waals surface area contributed by atoms with Crippen molar-refractivity contribution in [3.05, 3.63) is 23.1 Å². The van der Waals surface area contributed by atoms with Crippen molar-refractivity contribution in [1.82, 2.24) is 4.98 Å². The molecule has 3 nitrogen and oxygen atoms in total. The number of ketones is 1. The Balaban J connectivity index is 2.66. The number of aromatic nitrogens is 1. The highest BCUT2D eigenvalue weighted by Gasteiger charge is 2.14. The van der Waals surface area contributed by atoms with Gasteiger partial charge in [0.05, 0.1) is 11.2 Å². The van der Waals surface area contributed by atoms with Crippen LogP contribution in [0, 0.1) is 6.92 Å². The lowest BCUT2D eigenvalue weighted by atomic mass is 10.2. The van der Waals surface area contributed by atoms with Gasteiger partial charge in [0, 0.05) is 25.0 Å². The van der Waals surface area contributed by atoms with Gasteiger partial charge in [0.1, 0.15) is 5.76 Å². The Hall–Kier alpha value is -1.51. The van der Waals surface area contributed by atoms with Crippen LogP contribution in [0.15, 0.2) is 10.5 Å². The minimum Gasteiger partial charge on any atom is -0.459 e. The van der Waals surface area contributed by atoms with Crippen molar-refractivity contribution < 1.29 is 9.21 Å². The number of H-pyrrole nitrogens is 1. The number of hydrogen-bond donors (Lipinski definition) is 1. The third kappa shape index (κ3) is 1.16. The summed E-state index contributed by atoms with van der Waals surface area (Å²) < 4.78 is 5.60. The summed E-state index contributed by atoms with van der Waals surface area (Å²) in [6.07, 6.45) is 0.872. The van der Waals surface area contributed by atoms with E-state index in [2.05, 4.69) is 4.98 Å². The van der Waals surface area contributed by atoms with E-state index < -0.39 is 0 Å². The van der Waals surface area contributed by atoms with Crippen LogP contribution >= 0.6 is 0 Å². The Morgan fingerprint density at radius 3 is 2.79 bits per heavy atom. The van der Waals surface area contributed by atoms with Gasteiger partial charge in [-0.25, -0.2) is 0 Å². The molecule has 0 unspecified atom stereocenters. The molecule has 0 radical (unpaired) electrons. The molecule has 1 N–H and O–H groups in total. The Morgan fingerprint density at radius 1 is 1.57 bits per heavy atom. The quantitative estimate of drug-likeness (QED) is 0.742. The Morgan fingerprint density at radius 2 is 2.29 bits per heavy atom. The summed E-state index contributed by atoms with van der Waals surface area (Å²) in [6.45, 7) is 5.50. The highest BCUT2D eigenvalue weighted by atomic mass is 16.3. The van der Waals surface area contributed by atoms with Crippen LogP contribution in [0.25, 0.3) is 11.1 Å². The maximum Gasteiger partial charge on any atom is 0.176 e. The van der Waals surface area contributed by atoms with Gasteiger partial charge in [0.2, 0.25) is 0 Å². The lowest BCUT2D eigenvalue weighted by Gasteiger charge is -1.92. The summed E-state index contributed by atoms with van der Waals surface area (Å²) in [4.78, 5) is 14.3. The zero-order valence-electron chi connectivity index (χ0n) is 8.60. The van der Waals surface area contributed by atoms with Crippen molar-refractivity contribution in [3.8, 4) is 0 Å². The maximum atomic E-state index is 11.2. The van der Waals surface area contributed by atoms with Crippen molar-refractivity contribution in [2.75, 3.05) is 0 Å². The third-order valence-corrected chi connectivity index (χ3v) is 2.46. The first-order chi connectivity index (χ1) is 6.63. The standard InChI is InChI=1S/C11H13NO2/c1-4-8-5-9-11(14-8)6(2)10(12-9)7(3)13/h5,12H,4H2,1-3H3. The molecular weight excluding hydrogens is 178 g/mol. The van der Waals surface area contributed by atoms with Gasteiger partial charge in [-0.05, 0) is 6.92 Å². The van der Waals surface area contributed by atoms with Gasteiger partial charge in [-0.1, -0.05) is 6.92 Å². The molecule has 0 saturated heterocycles. The van der Waals surface area contributed by atoms with E-state index in [1.165, 1.54) is 0 Å². The van der Waals surface area contributed by atoms with Gasteiger partial charge < -0.3 is 9.40 Å². The molecule has 0 aromatic carbocycles. The van der Waals surface area contributed by atoms with Crippen molar-refractivity contribution in [2.24, 2.45) is 0 Å². The van der Waals surface area contributed by atoms with Crippen molar-refractivity contribution in [3.63, 3.8) is 0 Å². The van der Waals surface area contributed by atoms with E-state index in [0.29, 0.717) is 5.69 Å². The lowest BCUT2D eigenvalue weighted by Crippen LogP contribution is -1.94. The molecule has 3 heteroatoms. The first-order valence-corrected chi connectivity index (χ1v) is 4.75. The molecule has 0 amide bonds. The molecule has 2 rings (SSSR count). The van der Waals surface area contributed by atoms with E-state index >= 15 is 0 Å². The smallest absolute Gasteiger partial charge is 0.176 e. The van der Waals surface area contributed by atoms with Gasteiger partial charge in [-0.15, -0.1) is 0 Å². The number of Topliss-reactive ketones (excluding diaryl/α,β-unsaturated/α-hetero) is 1. The first kappa shape index (κ1) is 9.06. The molecule has 0 aliphatic rings. The average Bonchev–Trinajstić information content (AvgIpc) is 2.65. The Labute approximate surface area is 82.1 Å². The second-order valence-corrected chi connectivity index (χ2v) is 3.49. The molecule has 2 heterocycles. The van der Waals surface area contributed by atoms with Crippen molar-refractivity contribution in [2.45, 2.75) is 27.2 Å². The summed E-state index contributed by atoms with van der Waals surface area (Å²) in [6, 6.07) is 1.95. The molecule has 0 aliphatic heterocycles. The lowest BCUT2D eigenvalue weighted by molar-refractivity contribution is 0.101. The number of aryl methyl sites for hydroxylation is 2. The number of nitrogens with one attached hydrogen (secondary N) is 1. The van der Waals surface area contributed by atoms with Crippen LogP contribution in [-0.4, -0.2) is 10.8 Å². The first-order valence-electron chi connectivity index (χ1n) is 4.75. The van der Waals surface area contributed by atoms with Gasteiger partial charge in [-0.2, -0.15) is 0 Å². The monoisotopic (exact) mass is 191 g/mol. The van der Waals surface area contributed by atoms with Crippen molar-refractivity contribution >= 4 is 16.9 Å². The van der Waals surface area contributed by atoms with Crippen LogP contribution < -0.4 is 0 Å². The molecular formula is C11H13NO2. The van der Waals surface area contributed by atoms with E-state index in [1.54, 1.807) is 6.92 Å². The number of carbonyl (C=O) groups excluding carboxylic acids is 1. The van der Waals surface area contributed by atoms with E-state index in [1.807, 2.05) is 19.9 Å². The van der Waals surface area contributed by atoms with E-state index in [-0.39, 0.29) is 5.78 Å². The predicted octanol–water partition coefficient (Wildman–Crippen LogP) is 2.83. The van der Waals surface area contributed by atoms with Crippen LogP contribution in [0.1, 0.15) is 35.7 Å². The van der Waals surface area contributed by atoms with Gasteiger partial charge in [-0.3, -0.25) is 4.79 Å². The summed E-state index contributed by atoms with van der Waals surface area (Å²) >= 11 is 0. The zero-order chi connectivity index (χ0) is 10.3. The summed E-state index contributed by atoms with van der Waals surface area (Å²) in [5.74, 6) is 0.997. The average molecular weight is 191 g/mol. The molecule has 0 aliphatic carbocycles. The topological polar surface area (TPSA) is 46.0 Å². The molecule has 2 aromatic heterocycles. The van der Waals surface area contributed by atoms with Crippen LogP contribution in [0.4, 0.5) is 0 Å². The number of rotatable bonds is 2. The number of carbonyl (C=O) groups is 1. The molecule has 0 atom stereocenters. The van der Waals surface area contributed by atoms with Gasteiger partial charge in [0.25, 0.3) is 0 Å². The minimum atomic E-state index is 0.0481. The molecule has 0 fully saturated rings. The number of aromatic amines is 1. The number of fused-ring (bicyclic) bond motifs is 1. The Bertz CT molecular complexity index is 491. The SMILES string of the molecule is CCc1cc2[nH]c(C(C)=O)c(C)c2o1. The maximum absolute atomic E-state index is 11.2. The van der Waals surface area contributed by atoms with Crippen molar-refractivity contribution in [1.29, 1.82) is 0 Å². The van der Waals surface area contributed by atoms with E-state index in [4.69, 9.17) is 4.42 Å². The largest absolute Gasteiger partial charge is 0.459 e. The predicted molar refractivity (Wildman–Crippen MR) is 54.7 cm³/mol. The zero-order valence-corrected chi connectivity index (χ0v) is 8.60. The summed E-state index contributed by atoms with van der Waals surface area (Å²) in [7, 11) is 0. The second-order valence-electron chi connectivity index (χ2n) is 3.49. The van der Waals surface area contributed by atoms with Crippen LogP contribution in [-0.2, 0) is 6.42 Å². The van der Waals surface area contributed by atoms with E-state index in [0.717, 1.165) is 28.8 Å².